The molecule has 0 atom stereocenters. The standard InChI is InChI=1S/C10H10N2O2/c1-2-3-5-12-9-7-11-6-4-8(9)10(13)14/h4,6-7,12H,5H2,1H3,(H,13,14). The van der Waals surface area contributed by atoms with Crippen LogP contribution in [0.15, 0.2) is 18.5 Å². The Bertz CT molecular complexity index is 391. The zero-order valence-electron chi connectivity index (χ0n) is 7.74. The van der Waals surface area contributed by atoms with E-state index in [9.17, 15) is 4.79 Å². The number of aromatic carboxylic acids is 1. The molecule has 0 saturated carbocycles. The summed E-state index contributed by atoms with van der Waals surface area (Å²) in [5.41, 5.74) is 0.695. The number of aromatic nitrogens is 1. The van der Waals surface area contributed by atoms with Crippen molar-refractivity contribution in [3.63, 3.8) is 0 Å². The maximum Gasteiger partial charge on any atom is 0.337 e. The Morgan fingerprint density at radius 2 is 2.50 bits per heavy atom. The Morgan fingerprint density at radius 3 is 3.14 bits per heavy atom. The van der Waals surface area contributed by atoms with Crippen LogP contribution in [0.5, 0.6) is 0 Å². The van der Waals surface area contributed by atoms with E-state index in [1.54, 1.807) is 6.92 Å². The van der Waals surface area contributed by atoms with Gasteiger partial charge in [-0.3, -0.25) is 4.98 Å². The third-order valence-electron chi connectivity index (χ3n) is 1.60. The van der Waals surface area contributed by atoms with Gasteiger partial charge in [-0.15, -0.1) is 5.92 Å². The van der Waals surface area contributed by atoms with Gasteiger partial charge >= 0.3 is 5.97 Å². The molecule has 14 heavy (non-hydrogen) atoms. The fourth-order valence-electron chi connectivity index (χ4n) is 0.950. The van der Waals surface area contributed by atoms with Crippen LogP contribution in [0.25, 0.3) is 0 Å². The summed E-state index contributed by atoms with van der Waals surface area (Å²) in [4.78, 5) is 14.6. The van der Waals surface area contributed by atoms with Gasteiger partial charge in [0.1, 0.15) is 0 Å². The van der Waals surface area contributed by atoms with Crippen LogP contribution < -0.4 is 5.32 Å². The van der Waals surface area contributed by atoms with E-state index < -0.39 is 5.97 Å². The maximum absolute atomic E-state index is 10.8. The van der Waals surface area contributed by atoms with E-state index in [0.717, 1.165) is 0 Å². The van der Waals surface area contributed by atoms with E-state index in [1.165, 1.54) is 18.5 Å². The van der Waals surface area contributed by atoms with Crippen molar-refractivity contribution in [2.75, 3.05) is 11.9 Å². The van der Waals surface area contributed by atoms with Crippen LogP contribution in [0, 0.1) is 11.8 Å². The summed E-state index contributed by atoms with van der Waals surface area (Å²) in [6.45, 7) is 2.14. The smallest absolute Gasteiger partial charge is 0.337 e. The molecule has 2 N–H and O–H groups in total. The third-order valence-corrected chi connectivity index (χ3v) is 1.60. The van der Waals surface area contributed by atoms with Crippen LogP contribution in [0.1, 0.15) is 17.3 Å². The minimum atomic E-state index is -0.973. The van der Waals surface area contributed by atoms with Crippen molar-refractivity contribution in [2.24, 2.45) is 0 Å². The summed E-state index contributed by atoms with van der Waals surface area (Å²) < 4.78 is 0. The second kappa shape index (κ2) is 4.87. The Hall–Kier alpha value is -2.02. The van der Waals surface area contributed by atoms with Gasteiger partial charge in [0.15, 0.2) is 0 Å². The second-order valence-electron chi connectivity index (χ2n) is 2.51. The number of anilines is 1. The minimum Gasteiger partial charge on any atom is -0.478 e. The molecular weight excluding hydrogens is 180 g/mol. The molecule has 4 nitrogen and oxygen atoms in total. The lowest BCUT2D eigenvalue weighted by Gasteiger charge is -2.04. The van der Waals surface area contributed by atoms with Crippen LogP contribution in [0.4, 0.5) is 5.69 Å². The van der Waals surface area contributed by atoms with Gasteiger partial charge in [0, 0.05) is 6.20 Å². The molecule has 0 bridgehead atoms. The summed E-state index contributed by atoms with van der Waals surface area (Å²) in [6, 6.07) is 1.45. The molecule has 1 aromatic rings. The van der Waals surface area contributed by atoms with Crippen LogP contribution in [0.2, 0.25) is 0 Å². The van der Waals surface area contributed by atoms with Crippen molar-refractivity contribution in [3.05, 3.63) is 24.0 Å². The minimum absolute atomic E-state index is 0.206. The monoisotopic (exact) mass is 190 g/mol. The molecule has 4 heteroatoms. The summed E-state index contributed by atoms with van der Waals surface area (Å²) in [7, 11) is 0. The topological polar surface area (TPSA) is 62.2 Å². The van der Waals surface area contributed by atoms with Gasteiger partial charge in [-0.25, -0.2) is 4.79 Å². The highest BCUT2D eigenvalue weighted by atomic mass is 16.4. The molecule has 0 aliphatic heterocycles. The number of pyridine rings is 1. The maximum atomic E-state index is 10.8. The number of rotatable bonds is 3. The lowest BCUT2D eigenvalue weighted by Crippen LogP contribution is -2.06. The van der Waals surface area contributed by atoms with E-state index in [4.69, 9.17) is 5.11 Å². The first kappa shape index (κ1) is 10.1. The first-order chi connectivity index (χ1) is 6.75. The fraction of sp³-hybridized carbons (Fsp3) is 0.200. The first-order valence-electron chi connectivity index (χ1n) is 4.06. The van der Waals surface area contributed by atoms with Gasteiger partial charge in [-0.2, -0.15) is 0 Å². The Balaban J connectivity index is 2.83. The average molecular weight is 190 g/mol. The van der Waals surface area contributed by atoms with Crippen LogP contribution in [-0.4, -0.2) is 22.6 Å². The summed E-state index contributed by atoms with van der Waals surface area (Å²) in [5, 5.41) is 11.7. The highest BCUT2D eigenvalue weighted by molar-refractivity contribution is 5.93. The largest absolute Gasteiger partial charge is 0.478 e. The lowest BCUT2D eigenvalue weighted by molar-refractivity contribution is 0.0698. The Labute approximate surface area is 82.0 Å². The Morgan fingerprint density at radius 1 is 1.71 bits per heavy atom. The molecule has 0 spiro atoms. The van der Waals surface area contributed by atoms with E-state index in [-0.39, 0.29) is 5.56 Å². The summed E-state index contributed by atoms with van der Waals surface area (Å²) in [5.74, 6) is 4.51. The quantitative estimate of drug-likeness (QED) is 0.703. The van der Waals surface area contributed by atoms with Gasteiger partial charge in [-0.1, -0.05) is 5.92 Å². The van der Waals surface area contributed by atoms with Crippen LogP contribution >= 0.6 is 0 Å². The molecule has 0 radical (unpaired) electrons. The normalized spacial score (nSPS) is 8.64. The number of carbonyl (C=O) groups is 1. The molecule has 1 rings (SSSR count). The molecule has 0 amide bonds. The highest BCUT2D eigenvalue weighted by Gasteiger charge is 2.07. The zero-order chi connectivity index (χ0) is 10.4. The molecule has 0 aromatic carbocycles. The van der Waals surface area contributed by atoms with Gasteiger partial charge in [0.25, 0.3) is 0 Å². The number of nitrogens with zero attached hydrogens (tertiary/aromatic N) is 1. The summed E-state index contributed by atoms with van der Waals surface area (Å²) in [6.07, 6.45) is 2.92. The molecule has 72 valence electrons. The Kier molecular flexibility index (Phi) is 3.50. The van der Waals surface area contributed by atoms with Crippen LogP contribution in [0.3, 0.4) is 0 Å². The average Bonchev–Trinajstić information content (AvgIpc) is 2.19. The first-order valence-corrected chi connectivity index (χ1v) is 4.06. The van der Waals surface area contributed by atoms with Gasteiger partial charge < -0.3 is 10.4 Å². The SMILES string of the molecule is CC#CCNc1cnccc1C(=O)O. The van der Waals surface area contributed by atoms with Crippen molar-refractivity contribution in [3.8, 4) is 11.8 Å². The van der Waals surface area contributed by atoms with Crippen molar-refractivity contribution in [1.82, 2.24) is 4.98 Å². The molecule has 0 aliphatic carbocycles. The predicted molar refractivity (Wildman–Crippen MR) is 53.1 cm³/mol. The molecule has 0 fully saturated rings. The number of hydrogen-bond donors (Lipinski definition) is 2. The van der Waals surface area contributed by atoms with Gasteiger partial charge in [0.2, 0.25) is 0 Å². The van der Waals surface area contributed by atoms with Gasteiger partial charge in [-0.05, 0) is 13.0 Å². The van der Waals surface area contributed by atoms with E-state index in [2.05, 4.69) is 22.1 Å². The van der Waals surface area contributed by atoms with E-state index in [0.29, 0.717) is 12.2 Å². The molecule has 1 aromatic heterocycles. The number of nitrogens with one attached hydrogen (secondary N) is 1. The van der Waals surface area contributed by atoms with Crippen molar-refractivity contribution in [1.29, 1.82) is 0 Å². The van der Waals surface area contributed by atoms with Crippen molar-refractivity contribution < 1.29 is 9.90 Å². The molecular formula is C10H10N2O2. The van der Waals surface area contributed by atoms with Gasteiger partial charge in [0.05, 0.1) is 24.0 Å². The molecule has 1 heterocycles. The summed E-state index contributed by atoms with van der Waals surface area (Å²) >= 11 is 0. The second-order valence-corrected chi connectivity index (χ2v) is 2.51. The number of carboxylic acids is 1. The van der Waals surface area contributed by atoms with Crippen LogP contribution in [-0.2, 0) is 0 Å². The fourth-order valence-corrected chi connectivity index (χ4v) is 0.950. The third kappa shape index (κ3) is 2.49. The number of hydrogen-bond acceptors (Lipinski definition) is 3. The zero-order valence-corrected chi connectivity index (χ0v) is 7.74. The molecule has 0 unspecified atom stereocenters. The highest BCUT2D eigenvalue weighted by Crippen LogP contribution is 2.12. The lowest BCUT2D eigenvalue weighted by atomic mass is 10.2. The van der Waals surface area contributed by atoms with E-state index >= 15 is 0 Å². The predicted octanol–water partition coefficient (Wildman–Crippen LogP) is 1.21. The number of carboxylic acid groups (broad SMARTS) is 1. The molecule has 0 aliphatic rings. The molecule has 0 saturated heterocycles. The van der Waals surface area contributed by atoms with Crippen molar-refractivity contribution in [2.45, 2.75) is 6.92 Å². The van der Waals surface area contributed by atoms with E-state index in [1.807, 2.05) is 0 Å². The van der Waals surface area contributed by atoms with Crippen molar-refractivity contribution >= 4 is 11.7 Å².